The quantitative estimate of drug-likeness (QED) is 0.852. The molecule has 0 bridgehead atoms. The topological polar surface area (TPSA) is 36.4 Å². The van der Waals surface area contributed by atoms with Gasteiger partial charge in [-0.1, -0.05) is 30.3 Å². The van der Waals surface area contributed by atoms with Crippen LogP contribution in [0, 0.1) is 5.92 Å². The number of thiazole rings is 1. The van der Waals surface area contributed by atoms with Crippen LogP contribution in [0.5, 0.6) is 0 Å². The van der Waals surface area contributed by atoms with E-state index in [-0.39, 0.29) is 0 Å². The molecule has 4 rings (SSSR count). The first-order valence-corrected chi connectivity index (χ1v) is 9.63. The highest BCUT2D eigenvalue weighted by molar-refractivity contribution is 7.14. The maximum absolute atomic E-state index is 12.2. The third-order valence-electron chi connectivity index (χ3n) is 5.12. The van der Waals surface area contributed by atoms with E-state index in [0.29, 0.717) is 17.9 Å². The number of rotatable bonds is 4. The van der Waals surface area contributed by atoms with Crippen LogP contribution in [0.2, 0.25) is 0 Å². The lowest BCUT2D eigenvalue weighted by molar-refractivity contribution is -0.133. The Labute approximate surface area is 147 Å². The van der Waals surface area contributed by atoms with E-state index in [1.165, 1.54) is 5.56 Å². The van der Waals surface area contributed by atoms with Crippen molar-refractivity contribution in [1.29, 1.82) is 0 Å². The molecule has 126 valence electrons. The molecule has 2 heterocycles. The fourth-order valence-electron chi connectivity index (χ4n) is 3.39. The molecular weight excluding hydrogens is 318 g/mol. The van der Waals surface area contributed by atoms with E-state index in [4.69, 9.17) is 4.98 Å². The molecule has 2 fully saturated rings. The molecule has 0 unspecified atom stereocenters. The van der Waals surface area contributed by atoms with Crippen LogP contribution in [-0.2, 0) is 4.79 Å². The predicted molar refractivity (Wildman–Crippen MR) is 98.3 cm³/mol. The van der Waals surface area contributed by atoms with E-state index < -0.39 is 0 Å². The van der Waals surface area contributed by atoms with E-state index >= 15 is 0 Å². The van der Waals surface area contributed by atoms with Crippen molar-refractivity contribution in [2.45, 2.75) is 31.7 Å². The molecular formula is C19H23N3OS. The van der Waals surface area contributed by atoms with Crippen molar-refractivity contribution in [1.82, 2.24) is 9.88 Å². The second kappa shape index (κ2) is 6.55. The molecule has 2 aromatic rings. The molecule has 1 saturated heterocycles. The summed E-state index contributed by atoms with van der Waals surface area (Å²) >= 11 is 1.72. The average Bonchev–Trinajstić information content (AvgIpc) is 3.38. The van der Waals surface area contributed by atoms with Crippen LogP contribution in [0.25, 0.3) is 11.3 Å². The molecule has 1 aromatic heterocycles. The smallest absolute Gasteiger partial charge is 0.225 e. The molecule has 2 aliphatic rings. The number of nitrogens with zero attached hydrogens (tertiary/aromatic N) is 3. The Kier molecular flexibility index (Phi) is 4.27. The highest BCUT2D eigenvalue weighted by Gasteiger charge is 2.35. The molecule has 1 saturated carbocycles. The molecule has 0 atom stereocenters. The first kappa shape index (κ1) is 15.6. The molecule has 0 radical (unpaired) electrons. The standard InChI is InChI=1S/C19H23N3OS/c1-21(18(23)15-7-8-15)16-9-11-22(12-10-16)19-20-17(13-24-19)14-5-3-2-4-6-14/h2-6,13,15-16H,7-12H2,1H3. The minimum Gasteiger partial charge on any atom is -0.348 e. The van der Waals surface area contributed by atoms with Gasteiger partial charge < -0.3 is 9.80 Å². The number of anilines is 1. The third kappa shape index (κ3) is 3.18. The van der Waals surface area contributed by atoms with Gasteiger partial charge in [0.25, 0.3) is 0 Å². The predicted octanol–water partition coefficient (Wildman–Crippen LogP) is 3.65. The van der Waals surface area contributed by atoms with E-state index in [1.54, 1.807) is 11.3 Å². The summed E-state index contributed by atoms with van der Waals surface area (Å²) in [6.45, 7) is 1.96. The monoisotopic (exact) mass is 341 g/mol. The number of hydrogen-bond acceptors (Lipinski definition) is 4. The van der Waals surface area contributed by atoms with Gasteiger partial charge in [0.2, 0.25) is 5.91 Å². The van der Waals surface area contributed by atoms with Crippen molar-refractivity contribution in [3.05, 3.63) is 35.7 Å². The number of piperidine rings is 1. The van der Waals surface area contributed by atoms with Crippen molar-refractivity contribution in [2.75, 3.05) is 25.0 Å². The van der Waals surface area contributed by atoms with Crippen LogP contribution < -0.4 is 4.90 Å². The van der Waals surface area contributed by atoms with Gasteiger partial charge in [-0.25, -0.2) is 4.98 Å². The lowest BCUT2D eigenvalue weighted by Crippen LogP contribution is -2.46. The minimum absolute atomic E-state index is 0.320. The lowest BCUT2D eigenvalue weighted by atomic mass is 10.0. The van der Waals surface area contributed by atoms with E-state index in [1.807, 2.05) is 30.1 Å². The highest BCUT2D eigenvalue weighted by Crippen LogP contribution is 2.33. The Morgan fingerprint density at radius 3 is 2.54 bits per heavy atom. The van der Waals surface area contributed by atoms with Gasteiger partial charge in [-0.05, 0) is 25.7 Å². The van der Waals surface area contributed by atoms with Gasteiger partial charge in [0.1, 0.15) is 0 Å². The second-order valence-electron chi connectivity index (χ2n) is 6.82. The van der Waals surface area contributed by atoms with Gasteiger partial charge in [-0.15, -0.1) is 11.3 Å². The third-order valence-corrected chi connectivity index (χ3v) is 6.02. The van der Waals surface area contributed by atoms with Crippen LogP contribution in [0.1, 0.15) is 25.7 Å². The van der Waals surface area contributed by atoms with Gasteiger partial charge in [-0.2, -0.15) is 0 Å². The zero-order chi connectivity index (χ0) is 16.5. The molecule has 5 heteroatoms. The van der Waals surface area contributed by atoms with Crippen LogP contribution >= 0.6 is 11.3 Å². The summed E-state index contributed by atoms with van der Waals surface area (Å²) in [7, 11) is 1.98. The number of carbonyl (C=O) groups is 1. The molecule has 1 aliphatic heterocycles. The minimum atomic E-state index is 0.320. The fraction of sp³-hybridized carbons (Fsp3) is 0.474. The van der Waals surface area contributed by atoms with E-state index in [0.717, 1.165) is 49.6 Å². The molecule has 1 aromatic carbocycles. The molecule has 0 N–H and O–H groups in total. The fourth-order valence-corrected chi connectivity index (χ4v) is 4.28. The molecule has 24 heavy (non-hydrogen) atoms. The Hall–Kier alpha value is -1.88. The van der Waals surface area contributed by atoms with Crippen molar-refractivity contribution < 1.29 is 4.79 Å². The van der Waals surface area contributed by atoms with Gasteiger partial charge in [-0.3, -0.25) is 4.79 Å². The van der Waals surface area contributed by atoms with E-state index in [9.17, 15) is 4.79 Å². The second-order valence-corrected chi connectivity index (χ2v) is 7.66. The normalized spacial score (nSPS) is 18.6. The van der Waals surface area contributed by atoms with Gasteiger partial charge >= 0.3 is 0 Å². The first-order valence-electron chi connectivity index (χ1n) is 8.75. The van der Waals surface area contributed by atoms with Crippen molar-refractivity contribution >= 4 is 22.4 Å². The summed E-state index contributed by atoms with van der Waals surface area (Å²) in [5, 5.41) is 3.24. The molecule has 0 spiro atoms. The highest BCUT2D eigenvalue weighted by atomic mass is 32.1. The Morgan fingerprint density at radius 2 is 1.88 bits per heavy atom. The zero-order valence-electron chi connectivity index (χ0n) is 14.0. The molecule has 1 amide bonds. The number of aromatic nitrogens is 1. The Morgan fingerprint density at radius 1 is 1.17 bits per heavy atom. The van der Waals surface area contributed by atoms with Crippen LogP contribution in [0.3, 0.4) is 0 Å². The van der Waals surface area contributed by atoms with Crippen LogP contribution in [0.15, 0.2) is 35.7 Å². The number of carbonyl (C=O) groups excluding carboxylic acids is 1. The molecule has 4 nitrogen and oxygen atoms in total. The summed E-state index contributed by atoms with van der Waals surface area (Å²) in [5.41, 5.74) is 2.23. The molecule has 1 aliphatic carbocycles. The van der Waals surface area contributed by atoms with Crippen LogP contribution in [0.4, 0.5) is 5.13 Å². The van der Waals surface area contributed by atoms with Gasteiger partial charge in [0.05, 0.1) is 5.69 Å². The summed E-state index contributed by atoms with van der Waals surface area (Å²) in [5.74, 6) is 0.675. The zero-order valence-corrected chi connectivity index (χ0v) is 14.8. The number of amides is 1. The van der Waals surface area contributed by atoms with Crippen molar-refractivity contribution in [2.24, 2.45) is 5.92 Å². The maximum Gasteiger partial charge on any atom is 0.225 e. The first-order chi connectivity index (χ1) is 11.7. The van der Waals surface area contributed by atoms with Crippen LogP contribution in [-0.4, -0.2) is 42.0 Å². The summed E-state index contributed by atoms with van der Waals surface area (Å²) in [6.07, 6.45) is 4.25. The average molecular weight is 341 g/mol. The summed E-state index contributed by atoms with van der Waals surface area (Å²) in [4.78, 5) is 21.4. The Bertz CT molecular complexity index is 702. The number of hydrogen-bond donors (Lipinski definition) is 0. The van der Waals surface area contributed by atoms with Crippen molar-refractivity contribution in [3.8, 4) is 11.3 Å². The van der Waals surface area contributed by atoms with Crippen molar-refractivity contribution in [3.63, 3.8) is 0 Å². The van der Waals surface area contributed by atoms with Gasteiger partial charge in [0, 0.05) is 43.0 Å². The SMILES string of the molecule is CN(C(=O)C1CC1)C1CCN(c2nc(-c3ccccc3)cs2)CC1. The summed E-state index contributed by atoms with van der Waals surface area (Å²) in [6, 6.07) is 10.7. The largest absolute Gasteiger partial charge is 0.348 e. The maximum atomic E-state index is 12.2. The lowest BCUT2D eigenvalue weighted by Gasteiger charge is -2.36. The van der Waals surface area contributed by atoms with Gasteiger partial charge in [0.15, 0.2) is 5.13 Å². The number of benzene rings is 1. The Balaban J connectivity index is 1.37. The van der Waals surface area contributed by atoms with E-state index in [2.05, 4.69) is 22.4 Å². The summed E-state index contributed by atoms with van der Waals surface area (Å²) < 4.78 is 0.